The number of amides is 2. The number of carbonyl (C=O) groups excluding carboxylic acids is 2. The molecule has 2 fully saturated rings. The summed E-state index contributed by atoms with van der Waals surface area (Å²) in [6.45, 7) is 8.01. The summed E-state index contributed by atoms with van der Waals surface area (Å²) in [6, 6.07) is 20.5. The Hall–Kier alpha value is -4.92. The second-order valence-electron chi connectivity index (χ2n) is 14.9. The molecule has 14 heteroatoms. The average molecular weight is 739 g/mol. The third-order valence-corrected chi connectivity index (χ3v) is 15.9. The van der Waals surface area contributed by atoms with Gasteiger partial charge in [0.25, 0.3) is 11.6 Å². The van der Waals surface area contributed by atoms with Crippen molar-refractivity contribution < 1.29 is 29.1 Å². The number of aliphatic hydroxyl groups excluding tert-OH is 1. The van der Waals surface area contributed by atoms with E-state index in [1.165, 1.54) is 17.3 Å². The summed E-state index contributed by atoms with van der Waals surface area (Å²) in [6.07, 6.45) is 4.76. The molecule has 2 saturated heterocycles. The molecule has 0 unspecified atom stereocenters. The lowest BCUT2D eigenvalue weighted by Crippen LogP contribution is -2.51. The van der Waals surface area contributed by atoms with Crippen molar-refractivity contribution in [3.05, 3.63) is 99.9 Å². The Labute approximate surface area is 309 Å². The molecular weight excluding hydrogens is 693 g/mol. The number of nitrogens with zero attached hydrogens (tertiary/aromatic N) is 6. The number of hydrogen-bond acceptors (Lipinski definition) is 9. The predicted molar refractivity (Wildman–Crippen MR) is 202 cm³/mol. The average Bonchev–Trinajstić information content (AvgIpc) is 3.81. The van der Waals surface area contributed by atoms with Gasteiger partial charge >= 0.3 is 0 Å². The summed E-state index contributed by atoms with van der Waals surface area (Å²) in [4.78, 5) is 43.0. The number of piperidine rings is 1. The van der Waals surface area contributed by atoms with Gasteiger partial charge in [-0.15, -0.1) is 5.10 Å². The molecule has 4 heterocycles. The topological polar surface area (TPSA) is 153 Å². The third kappa shape index (κ3) is 6.53. The van der Waals surface area contributed by atoms with Gasteiger partial charge in [0.2, 0.25) is 5.91 Å². The lowest BCUT2D eigenvalue weighted by atomic mass is 9.82. The second-order valence-corrected chi connectivity index (χ2v) is 19.6. The van der Waals surface area contributed by atoms with Crippen LogP contribution in [0.1, 0.15) is 49.4 Å². The van der Waals surface area contributed by atoms with Crippen molar-refractivity contribution in [2.45, 2.75) is 82.5 Å². The fraction of sp³-hybridized carbons (Fsp3) is 0.436. The van der Waals surface area contributed by atoms with Crippen molar-refractivity contribution >= 4 is 42.1 Å². The Balaban J connectivity index is 1.27. The van der Waals surface area contributed by atoms with Crippen molar-refractivity contribution in [3.8, 4) is 5.75 Å². The van der Waals surface area contributed by atoms with Crippen LogP contribution in [-0.2, 0) is 39.4 Å². The molecule has 278 valence electrons. The number of nitro benzene ring substituents is 1. The highest BCUT2D eigenvalue weighted by molar-refractivity contribution is 6.91. The van der Waals surface area contributed by atoms with E-state index in [1.54, 1.807) is 22.8 Å². The van der Waals surface area contributed by atoms with E-state index in [-0.39, 0.29) is 42.1 Å². The van der Waals surface area contributed by atoms with Gasteiger partial charge in [-0.05, 0) is 60.7 Å². The number of anilines is 2. The predicted octanol–water partition coefficient (Wildman–Crippen LogP) is 5.10. The summed E-state index contributed by atoms with van der Waals surface area (Å²) in [5.74, 6) is 0.283. The van der Waals surface area contributed by atoms with Gasteiger partial charge in [-0.3, -0.25) is 24.4 Å². The van der Waals surface area contributed by atoms with E-state index in [0.717, 1.165) is 29.8 Å². The minimum atomic E-state index is -2.45. The molecule has 1 N–H and O–H groups in total. The lowest BCUT2D eigenvalue weighted by molar-refractivity contribution is -0.385. The highest BCUT2D eigenvalue weighted by atomic mass is 28.3. The standard InChI is InChI=1S/C39H46N6O7Si/c1-26-37(53(3,4)32-15-13-31(51-2)14-16-32)35(18-21-42-25-28(19-22-46)40-41-42)52-39(26)33-23-30(45(49)50)12-17-34(33)44(38(39)48)24-27-8-10-29(11-9-27)43-20-6-5-7-36(43)47/h8-17,23,25-26,35,37,46H,5-7,18-22,24H2,1-4H3/t26-,35+,37-,39+/m1/s1. The van der Waals surface area contributed by atoms with E-state index in [0.29, 0.717) is 49.3 Å². The van der Waals surface area contributed by atoms with Gasteiger partial charge in [0, 0.05) is 68.0 Å². The number of nitro groups is 1. The van der Waals surface area contributed by atoms with Gasteiger partial charge in [-0.1, -0.05) is 54.7 Å². The molecule has 2 amide bonds. The van der Waals surface area contributed by atoms with Crippen molar-refractivity contribution in [1.82, 2.24) is 15.0 Å². The Morgan fingerprint density at radius 1 is 1.08 bits per heavy atom. The molecule has 1 aromatic heterocycles. The molecule has 3 aliphatic heterocycles. The summed E-state index contributed by atoms with van der Waals surface area (Å²) in [7, 11) is -0.817. The second kappa shape index (κ2) is 14.5. The number of carbonyl (C=O) groups is 2. The molecule has 0 saturated carbocycles. The van der Waals surface area contributed by atoms with Gasteiger partial charge in [-0.2, -0.15) is 0 Å². The summed E-state index contributed by atoms with van der Waals surface area (Å²) in [5.41, 5.74) is 1.85. The largest absolute Gasteiger partial charge is 0.497 e. The number of methoxy groups -OCH3 is 1. The number of benzene rings is 3. The van der Waals surface area contributed by atoms with Crippen LogP contribution in [0.5, 0.6) is 5.75 Å². The molecule has 53 heavy (non-hydrogen) atoms. The van der Waals surface area contributed by atoms with Crippen molar-refractivity contribution in [3.63, 3.8) is 0 Å². The molecule has 3 aromatic carbocycles. The fourth-order valence-corrected chi connectivity index (χ4v) is 12.9. The van der Waals surface area contributed by atoms with Crippen LogP contribution < -0.4 is 19.7 Å². The first-order valence-corrected chi connectivity index (χ1v) is 21.4. The molecule has 13 nitrogen and oxygen atoms in total. The first kappa shape index (κ1) is 36.4. The Kier molecular flexibility index (Phi) is 9.96. The molecule has 0 radical (unpaired) electrons. The number of fused-ring (bicyclic) bond motifs is 2. The molecule has 1 spiro atoms. The summed E-state index contributed by atoms with van der Waals surface area (Å²) < 4.78 is 14.4. The van der Waals surface area contributed by atoms with Crippen LogP contribution in [0.25, 0.3) is 0 Å². The van der Waals surface area contributed by atoms with Gasteiger partial charge in [0.15, 0.2) is 5.60 Å². The maximum atomic E-state index is 15.2. The number of rotatable bonds is 12. The van der Waals surface area contributed by atoms with E-state index >= 15 is 4.79 Å². The van der Waals surface area contributed by atoms with Crippen molar-refractivity contribution in [1.29, 1.82) is 0 Å². The number of non-ortho nitro benzene ring substituents is 1. The Bertz CT molecular complexity index is 2000. The highest BCUT2D eigenvalue weighted by Crippen LogP contribution is 2.60. The first-order valence-electron chi connectivity index (χ1n) is 18.3. The SMILES string of the molecule is COc1ccc([Si](C)(C)[C@H]2[C@H](CCn3cc(CCO)nn3)O[C@@]3(C(=O)N(Cc4ccc(N5CCCCC5=O)cc4)c4ccc([N+](=O)[O-])cc43)[C@@H]2C)cc1. The smallest absolute Gasteiger partial charge is 0.269 e. The van der Waals surface area contributed by atoms with Crippen LogP contribution in [0.4, 0.5) is 17.1 Å². The quantitative estimate of drug-likeness (QED) is 0.119. The van der Waals surface area contributed by atoms with Gasteiger partial charge in [0.05, 0.1) is 44.1 Å². The van der Waals surface area contributed by atoms with E-state index in [9.17, 15) is 20.0 Å². The van der Waals surface area contributed by atoms with E-state index in [2.05, 4.69) is 42.5 Å². The maximum absolute atomic E-state index is 15.2. The molecule has 0 aliphatic carbocycles. The number of ether oxygens (including phenoxy) is 2. The van der Waals surface area contributed by atoms with E-state index in [1.807, 2.05) is 47.5 Å². The zero-order valence-electron chi connectivity index (χ0n) is 30.6. The van der Waals surface area contributed by atoms with Crippen LogP contribution in [0.15, 0.2) is 72.9 Å². The van der Waals surface area contributed by atoms with E-state index in [4.69, 9.17) is 9.47 Å². The molecule has 4 atom stereocenters. The van der Waals surface area contributed by atoms with Crippen LogP contribution in [0.2, 0.25) is 18.6 Å². The fourth-order valence-electron chi connectivity index (χ4n) is 8.82. The Morgan fingerprint density at radius 2 is 1.83 bits per heavy atom. The summed E-state index contributed by atoms with van der Waals surface area (Å²) in [5, 5.41) is 31.2. The maximum Gasteiger partial charge on any atom is 0.269 e. The molecule has 7 rings (SSSR count). The van der Waals surface area contributed by atoms with Crippen LogP contribution in [0.3, 0.4) is 0 Å². The molecule has 3 aliphatic rings. The number of hydrogen-bond donors (Lipinski definition) is 1. The van der Waals surface area contributed by atoms with E-state index < -0.39 is 24.7 Å². The number of aliphatic hydroxyl groups is 1. The first-order chi connectivity index (χ1) is 25.5. The monoisotopic (exact) mass is 738 g/mol. The number of aromatic nitrogens is 3. The van der Waals surface area contributed by atoms with Gasteiger partial charge < -0.3 is 24.4 Å². The Morgan fingerprint density at radius 3 is 2.51 bits per heavy atom. The normalized spacial score (nSPS) is 22.8. The molecule has 4 aromatic rings. The minimum absolute atomic E-state index is 0.0272. The third-order valence-electron chi connectivity index (χ3n) is 11.5. The molecular formula is C39H46N6O7Si. The van der Waals surface area contributed by atoms with Crippen molar-refractivity contribution in [2.24, 2.45) is 5.92 Å². The molecule has 0 bridgehead atoms. The van der Waals surface area contributed by atoms with Crippen LogP contribution >= 0.6 is 0 Å². The van der Waals surface area contributed by atoms with Gasteiger partial charge in [-0.25, -0.2) is 0 Å². The van der Waals surface area contributed by atoms with Gasteiger partial charge in [0.1, 0.15) is 5.75 Å². The minimum Gasteiger partial charge on any atom is -0.497 e. The zero-order valence-corrected chi connectivity index (χ0v) is 31.6. The lowest BCUT2D eigenvalue weighted by Gasteiger charge is -2.37. The van der Waals surface area contributed by atoms with Crippen LogP contribution in [-0.4, -0.2) is 71.3 Å². The summed E-state index contributed by atoms with van der Waals surface area (Å²) >= 11 is 0. The van der Waals surface area contributed by atoms with Crippen LogP contribution in [0, 0.1) is 16.0 Å². The van der Waals surface area contributed by atoms with Crippen molar-refractivity contribution in [2.75, 3.05) is 30.1 Å². The highest BCUT2D eigenvalue weighted by Gasteiger charge is 2.66. The number of aryl methyl sites for hydroxylation is 1. The zero-order chi connectivity index (χ0) is 37.5.